The van der Waals surface area contributed by atoms with Crippen LogP contribution in [-0.4, -0.2) is 14.9 Å². The lowest BCUT2D eigenvalue weighted by Crippen LogP contribution is -2.15. The number of carbonyl (C=O) groups excluding carboxylic acids is 1. The minimum atomic E-state index is -0.402. The Hall–Kier alpha value is -3.11. The molecule has 0 saturated heterocycles. The second-order valence-electron chi connectivity index (χ2n) is 7.70. The first-order valence-electron chi connectivity index (χ1n) is 9.93. The molecule has 0 saturated carbocycles. The van der Waals surface area contributed by atoms with Crippen LogP contribution < -0.4 is 0 Å². The van der Waals surface area contributed by atoms with Crippen molar-refractivity contribution in [3.63, 3.8) is 0 Å². The van der Waals surface area contributed by atoms with Crippen LogP contribution in [0.5, 0.6) is 0 Å². The van der Waals surface area contributed by atoms with Crippen LogP contribution in [0.25, 0.3) is 21.8 Å². The van der Waals surface area contributed by atoms with Crippen LogP contribution >= 0.6 is 15.9 Å². The molecule has 0 bridgehead atoms. The highest BCUT2D eigenvalue weighted by atomic mass is 79.9. The lowest BCUT2D eigenvalue weighted by atomic mass is 9.84. The van der Waals surface area contributed by atoms with Gasteiger partial charge in [0.15, 0.2) is 5.78 Å². The van der Waals surface area contributed by atoms with Gasteiger partial charge in [0.25, 0.3) is 0 Å². The van der Waals surface area contributed by atoms with Crippen molar-refractivity contribution in [1.82, 2.24) is 9.13 Å². The van der Waals surface area contributed by atoms with Crippen LogP contribution in [0.3, 0.4) is 0 Å². The van der Waals surface area contributed by atoms with E-state index in [2.05, 4.69) is 61.7 Å². The zero-order chi connectivity index (χ0) is 20.8. The van der Waals surface area contributed by atoms with E-state index in [1.165, 1.54) is 0 Å². The van der Waals surface area contributed by atoms with Gasteiger partial charge in [-0.2, -0.15) is 0 Å². The fraction of sp³-hybridized carbons (Fsp3) is 0.115. The Morgan fingerprint density at radius 1 is 0.733 bits per heavy atom. The van der Waals surface area contributed by atoms with Crippen LogP contribution in [-0.2, 0) is 14.1 Å². The highest BCUT2D eigenvalue weighted by molar-refractivity contribution is 9.10. The summed E-state index contributed by atoms with van der Waals surface area (Å²) in [6.45, 7) is 0. The minimum Gasteiger partial charge on any atom is -0.350 e. The third-order valence-corrected chi connectivity index (χ3v) is 6.57. The second kappa shape index (κ2) is 7.29. The summed E-state index contributed by atoms with van der Waals surface area (Å²) in [5.41, 5.74) is 5.01. The molecule has 0 N–H and O–H groups in total. The fourth-order valence-electron chi connectivity index (χ4n) is 4.47. The highest BCUT2D eigenvalue weighted by Gasteiger charge is 2.30. The molecular formula is C26H21BrN2O. The summed E-state index contributed by atoms with van der Waals surface area (Å²) >= 11 is 3.59. The lowest BCUT2D eigenvalue weighted by molar-refractivity contribution is 0.0974. The summed E-state index contributed by atoms with van der Waals surface area (Å²) < 4.78 is 5.03. The van der Waals surface area contributed by atoms with E-state index in [-0.39, 0.29) is 5.78 Å². The number of ketones is 1. The number of aryl methyl sites for hydroxylation is 2. The van der Waals surface area contributed by atoms with Gasteiger partial charge in [-0.1, -0.05) is 70.5 Å². The molecule has 5 aromatic rings. The molecule has 0 spiro atoms. The van der Waals surface area contributed by atoms with Crippen molar-refractivity contribution in [3.8, 4) is 0 Å². The Balaban J connectivity index is 1.82. The first kappa shape index (κ1) is 18.9. The molecule has 2 aromatic heterocycles. The summed E-state index contributed by atoms with van der Waals surface area (Å²) in [7, 11) is 4.07. The number of nitrogens with zero attached hydrogens (tertiary/aromatic N) is 2. The molecule has 148 valence electrons. The second-order valence-corrected chi connectivity index (χ2v) is 8.56. The number of hydrogen-bond donors (Lipinski definition) is 0. The Morgan fingerprint density at radius 2 is 1.20 bits per heavy atom. The Morgan fingerprint density at radius 3 is 1.73 bits per heavy atom. The van der Waals surface area contributed by atoms with E-state index in [4.69, 9.17) is 0 Å². The van der Waals surface area contributed by atoms with Crippen molar-refractivity contribution < 1.29 is 4.79 Å². The lowest BCUT2D eigenvalue weighted by Gasteiger charge is -2.17. The van der Waals surface area contributed by atoms with Gasteiger partial charge in [-0.25, -0.2) is 0 Å². The van der Waals surface area contributed by atoms with Crippen molar-refractivity contribution in [2.45, 2.75) is 5.92 Å². The van der Waals surface area contributed by atoms with Crippen molar-refractivity contribution in [2.24, 2.45) is 14.1 Å². The average Bonchev–Trinajstić information content (AvgIpc) is 3.27. The summed E-state index contributed by atoms with van der Waals surface area (Å²) in [6, 6.07) is 24.2. The fourth-order valence-corrected chi connectivity index (χ4v) is 4.95. The van der Waals surface area contributed by atoms with E-state index in [1.54, 1.807) is 0 Å². The van der Waals surface area contributed by atoms with E-state index < -0.39 is 5.92 Å². The van der Waals surface area contributed by atoms with Crippen LogP contribution in [0.2, 0.25) is 0 Å². The van der Waals surface area contributed by atoms with Crippen LogP contribution in [0.4, 0.5) is 0 Å². The topological polar surface area (TPSA) is 26.9 Å². The Labute approximate surface area is 183 Å². The van der Waals surface area contributed by atoms with Gasteiger partial charge >= 0.3 is 0 Å². The number of rotatable bonds is 4. The molecule has 0 aliphatic carbocycles. The zero-order valence-electron chi connectivity index (χ0n) is 16.8. The third kappa shape index (κ3) is 2.91. The molecule has 3 nitrogen and oxygen atoms in total. The number of hydrogen-bond acceptors (Lipinski definition) is 1. The summed E-state index contributed by atoms with van der Waals surface area (Å²) in [5, 5.41) is 2.22. The van der Waals surface area contributed by atoms with Gasteiger partial charge in [-0.3, -0.25) is 4.79 Å². The number of aromatic nitrogens is 2. The number of Topliss-reactive ketones (excluding diaryl/α,β-unsaturated/α-hetero) is 1. The normalized spacial score (nSPS) is 11.6. The maximum Gasteiger partial charge on any atom is 0.175 e. The maximum absolute atomic E-state index is 14.0. The Kier molecular flexibility index (Phi) is 4.59. The first-order chi connectivity index (χ1) is 14.6. The monoisotopic (exact) mass is 456 g/mol. The molecule has 5 rings (SSSR count). The van der Waals surface area contributed by atoms with Gasteiger partial charge in [-0.15, -0.1) is 0 Å². The van der Waals surface area contributed by atoms with Gasteiger partial charge < -0.3 is 9.13 Å². The number of para-hydroxylation sites is 2. The van der Waals surface area contributed by atoms with Crippen LogP contribution in [0, 0.1) is 0 Å². The van der Waals surface area contributed by atoms with Gasteiger partial charge in [0.05, 0.1) is 5.92 Å². The standard InChI is InChI=1S/C26H21BrN2O/c1-28-15-20(17-9-4-7-13-23(17)28)25(26(30)19-11-3-6-12-22(19)27)21-16-29(2)24-14-8-5-10-18(21)24/h3-16,25H,1-2H3. The van der Waals surface area contributed by atoms with E-state index in [0.717, 1.165) is 37.4 Å². The van der Waals surface area contributed by atoms with E-state index in [1.807, 2.05) is 62.6 Å². The molecule has 2 heterocycles. The highest BCUT2D eigenvalue weighted by Crippen LogP contribution is 2.39. The summed E-state index contributed by atoms with van der Waals surface area (Å²) in [6.07, 6.45) is 4.21. The molecule has 0 fully saturated rings. The summed E-state index contributed by atoms with van der Waals surface area (Å²) in [5.74, 6) is -0.309. The molecule has 0 amide bonds. The number of carbonyl (C=O) groups is 1. The van der Waals surface area contributed by atoms with Gasteiger partial charge in [0.1, 0.15) is 0 Å². The van der Waals surface area contributed by atoms with Crippen molar-refractivity contribution in [3.05, 3.63) is 106 Å². The van der Waals surface area contributed by atoms with Gasteiger partial charge in [0.2, 0.25) is 0 Å². The van der Waals surface area contributed by atoms with Crippen molar-refractivity contribution >= 4 is 43.5 Å². The maximum atomic E-state index is 14.0. The molecule has 4 heteroatoms. The predicted octanol–water partition coefficient (Wildman–Crippen LogP) is 6.45. The summed E-state index contributed by atoms with van der Waals surface area (Å²) in [4.78, 5) is 14.0. The number of benzene rings is 3. The van der Waals surface area contributed by atoms with Crippen LogP contribution in [0.1, 0.15) is 27.4 Å². The van der Waals surface area contributed by atoms with E-state index >= 15 is 0 Å². The van der Waals surface area contributed by atoms with Gasteiger partial charge in [-0.05, 0) is 29.3 Å². The average molecular weight is 457 g/mol. The Bertz CT molecular complexity index is 1330. The van der Waals surface area contributed by atoms with E-state index in [0.29, 0.717) is 5.56 Å². The quantitative estimate of drug-likeness (QED) is 0.285. The van der Waals surface area contributed by atoms with Gasteiger partial charge in [0, 0.05) is 58.3 Å². The molecule has 0 aliphatic rings. The third-order valence-electron chi connectivity index (χ3n) is 5.88. The number of halogens is 1. The predicted molar refractivity (Wildman–Crippen MR) is 126 cm³/mol. The zero-order valence-corrected chi connectivity index (χ0v) is 18.4. The SMILES string of the molecule is Cn1cc(C(C(=O)c2ccccc2Br)c2cn(C)c3ccccc23)c2ccccc21. The minimum absolute atomic E-state index is 0.0928. The van der Waals surface area contributed by atoms with E-state index in [9.17, 15) is 4.79 Å². The molecule has 0 atom stereocenters. The molecule has 0 unspecified atom stereocenters. The largest absolute Gasteiger partial charge is 0.350 e. The van der Waals surface area contributed by atoms with Crippen molar-refractivity contribution in [1.29, 1.82) is 0 Å². The number of fused-ring (bicyclic) bond motifs is 2. The molecular weight excluding hydrogens is 436 g/mol. The molecule has 0 radical (unpaired) electrons. The molecule has 30 heavy (non-hydrogen) atoms. The molecule has 0 aliphatic heterocycles. The van der Waals surface area contributed by atoms with Crippen molar-refractivity contribution in [2.75, 3.05) is 0 Å². The molecule has 3 aromatic carbocycles. The van der Waals surface area contributed by atoms with Crippen LogP contribution in [0.15, 0.2) is 89.7 Å². The first-order valence-corrected chi connectivity index (χ1v) is 10.7. The smallest absolute Gasteiger partial charge is 0.175 e.